The Morgan fingerprint density at radius 2 is 1.84 bits per heavy atom. The molecular weight excluding hydrogens is 490 g/mol. The minimum atomic E-state index is -2.92. The first-order valence-electron chi connectivity index (χ1n) is 12.6. The molecule has 2 aromatic carbocycles. The first kappa shape index (κ1) is 23.0. The molecule has 4 heterocycles. The van der Waals surface area contributed by atoms with Gasteiger partial charge in [-0.05, 0) is 67.9 Å². The van der Waals surface area contributed by atoms with E-state index in [9.17, 15) is 13.6 Å². The maximum absolute atomic E-state index is 14.1. The van der Waals surface area contributed by atoms with Crippen molar-refractivity contribution < 1.29 is 13.5 Å². The molecule has 0 bridgehead atoms. The van der Waals surface area contributed by atoms with Gasteiger partial charge < -0.3 is 9.30 Å². The highest BCUT2D eigenvalue weighted by Gasteiger charge is 2.27. The highest BCUT2D eigenvalue weighted by molar-refractivity contribution is 5.87. The Morgan fingerprint density at radius 1 is 1.03 bits per heavy atom. The molecule has 0 radical (unpaired) electrons. The van der Waals surface area contributed by atoms with Crippen molar-refractivity contribution in [2.24, 2.45) is 0 Å². The van der Waals surface area contributed by atoms with E-state index in [2.05, 4.69) is 26.2 Å². The van der Waals surface area contributed by atoms with Gasteiger partial charge >= 0.3 is 6.61 Å². The van der Waals surface area contributed by atoms with E-state index < -0.39 is 6.61 Å². The van der Waals surface area contributed by atoms with Crippen molar-refractivity contribution in [3.63, 3.8) is 0 Å². The van der Waals surface area contributed by atoms with Crippen molar-refractivity contribution in [1.82, 2.24) is 29.0 Å². The summed E-state index contributed by atoms with van der Waals surface area (Å²) < 4.78 is 33.6. The van der Waals surface area contributed by atoms with E-state index in [1.165, 1.54) is 16.7 Å². The second kappa shape index (κ2) is 8.70. The SMILES string of the molecule is CN1CCn2c(nc3ccc(-c4cc5cnc(C6CC6)nc5n(-c5ccc(OC(F)F)cc5)c4=O)cc32)C1. The molecule has 0 atom stereocenters. The summed E-state index contributed by atoms with van der Waals surface area (Å²) in [6, 6.07) is 13.8. The fraction of sp³-hybridized carbons (Fsp3) is 0.286. The number of pyridine rings is 1. The quantitative estimate of drug-likeness (QED) is 0.338. The number of hydrogen-bond acceptors (Lipinski definition) is 6. The van der Waals surface area contributed by atoms with Crippen LogP contribution in [-0.4, -0.2) is 49.2 Å². The topological polar surface area (TPSA) is 78.1 Å². The van der Waals surface area contributed by atoms with Crippen molar-refractivity contribution in [2.45, 2.75) is 38.5 Å². The van der Waals surface area contributed by atoms with Gasteiger partial charge in [0.05, 0.1) is 23.3 Å². The first-order valence-corrected chi connectivity index (χ1v) is 12.6. The maximum atomic E-state index is 14.1. The van der Waals surface area contributed by atoms with Crippen molar-refractivity contribution in [2.75, 3.05) is 13.6 Å². The van der Waals surface area contributed by atoms with E-state index >= 15 is 0 Å². The minimum Gasteiger partial charge on any atom is -0.435 e. The van der Waals surface area contributed by atoms with Gasteiger partial charge in [0.15, 0.2) is 5.65 Å². The van der Waals surface area contributed by atoms with Crippen LogP contribution >= 0.6 is 0 Å². The summed E-state index contributed by atoms with van der Waals surface area (Å²) in [7, 11) is 2.08. The molecule has 0 amide bonds. The van der Waals surface area contributed by atoms with Crippen LogP contribution in [0.5, 0.6) is 5.75 Å². The van der Waals surface area contributed by atoms with E-state index in [0.717, 1.165) is 54.9 Å². The predicted molar refractivity (Wildman–Crippen MR) is 139 cm³/mol. The van der Waals surface area contributed by atoms with E-state index in [0.29, 0.717) is 34.0 Å². The molecule has 3 aromatic heterocycles. The van der Waals surface area contributed by atoms with E-state index in [-0.39, 0.29) is 11.3 Å². The van der Waals surface area contributed by atoms with Crippen LogP contribution in [0.25, 0.3) is 38.9 Å². The number of halogens is 2. The van der Waals surface area contributed by atoms with Crippen molar-refractivity contribution >= 4 is 22.1 Å². The lowest BCUT2D eigenvalue weighted by Crippen LogP contribution is -2.30. The summed E-state index contributed by atoms with van der Waals surface area (Å²) in [6.45, 7) is -0.388. The summed E-state index contributed by atoms with van der Waals surface area (Å²) in [5, 5.41) is 0.717. The van der Waals surface area contributed by atoms with Crippen LogP contribution in [0.3, 0.4) is 0 Å². The molecule has 5 aromatic rings. The lowest BCUT2D eigenvalue weighted by molar-refractivity contribution is -0.0498. The monoisotopic (exact) mass is 514 g/mol. The largest absolute Gasteiger partial charge is 0.435 e. The van der Waals surface area contributed by atoms with Gasteiger partial charge in [-0.3, -0.25) is 14.3 Å². The highest BCUT2D eigenvalue weighted by atomic mass is 19.3. The number of rotatable bonds is 5. The molecule has 7 rings (SSSR count). The molecule has 1 aliphatic carbocycles. The van der Waals surface area contributed by atoms with Crippen LogP contribution < -0.4 is 10.3 Å². The lowest BCUT2D eigenvalue weighted by Gasteiger charge is -2.23. The van der Waals surface area contributed by atoms with Gasteiger partial charge in [-0.15, -0.1) is 0 Å². The fourth-order valence-electron chi connectivity index (χ4n) is 5.17. The number of ether oxygens (including phenoxy) is 1. The molecule has 0 spiro atoms. The predicted octanol–water partition coefficient (Wildman–Crippen LogP) is 4.72. The average Bonchev–Trinajstić information content (AvgIpc) is 3.69. The van der Waals surface area contributed by atoms with Crippen LogP contribution in [0.2, 0.25) is 0 Å². The normalized spacial score (nSPS) is 15.9. The van der Waals surface area contributed by atoms with Crippen molar-refractivity contribution in [1.29, 1.82) is 0 Å². The van der Waals surface area contributed by atoms with Gasteiger partial charge in [0.25, 0.3) is 5.56 Å². The number of benzene rings is 2. The molecule has 8 nitrogen and oxygen atoms in total. The standard InChI is InChI=1S/C28H24F2N6O2/c1-34-10-11-35-23-13-17(4-9-22(23)32-24(35)15-34)21-12-18-14-31-25(16-2-3-16)33-26(18)36(27(21)37)19-5-7-20(8-6-19)38-28(29)30/h4-9,12-14,16,28H,2-3,10-11,15H2,1H3. The van der Waals surface area contributed by atoms with E-state index in [1.54, 1.807) is 18.3 Å². The minimum absolute atomic E-state index is 0.0205. The number of imidazole rings is 1. The maximum Gasteiger partial charge on any atom is 0.387 e. The molecule has 2 aliphatic rings. The molecule has 1 aliphatic heterocycles. The number of hydrogen-bond donors (Lipinski definition) is 0. The Balaban J connectivity index is 1.42. The molecular formula is C28H24F2N6O2. The number of fused-ring (bicyclic) bond motifs is 4. The van der Waals surface area contributed by atoms with E-state index in [1.807, 2.05) is 24.3 Å². The smallest absolute Gasteiger partial charge is 0.387 e. The zero-order chi connectivity index (χ0) is 26.0. The molecule has 38 heavy (non-hydrogen) atoms. The molecule has 1 fully saturated rings. The number of aromatic nitrogens is 5. The zero-order valence-corrected chi connectivity index (χ0v) is 20.6. The van der Waals surface area contributed by atoms with Gasteiger partial charge in [0.1, 0.15) is 17.4 Å². The Labute approximate surface area is 216 Å². The average molecular weight is 515 g/mol. The van der Waals surface area contributed by atoms with Crippen LogP contribution in [0.4, 0.5) is 8.78 Å². The second-order valence-corrected chi connectivity index (χ2v) is 9.97. The van der Waals surface area contributed by atoms with E-state index in [4.69, 9.17) is 9.97 Å². The molecule has 0 N–H and O–H groups in total. The summed E-state index contributed by atoms with van der Waals surface area (Å²) in [6.07, 6.45) is 3.82. The molecule has 0 unspecified atom stereocenters. The Kier molecular flexibility index (Phi) is 5.26. The fourth-order valence-corrected chi connectivity index (χ4v) is 5.17. The van der Waals surface area contributed by atoms with Gasteiger partial charge in [-0.2, -0.15) is 8.78 Å². The second-order valence-electron chi connectivity index (χ2n) is 9.97. The van der Waals surface area contributed by atoms with Crippen LogP contribution in [0, 0.1) is 0 Å². The molecule has 10 heteroatoms. The van der Waals surface area contributed by atoms with Crippen molar-refractivity contribution in [3.05, 3.63) is 76.7 Å². The highest BCUT2D eigenvalue weighted by Crippen LogP contribution is 2.38. The molecule has 192 valence electrons. The number of nitrogens with zero attached hydrogens (tertiary/aromatic N) is 6. The third kappa shape index (κ3) is 3.92. The summed E-state index contributed by atoms with van der Waals surface area (Å²) in [4.78, 5) is 30.4. The van der Waals surface area contributed by atoms with Crippen LogP contribution in [0.15, 0.2) is 59.5 Å². The van der Waals surface area contributed by atoms with Crippen LogP contribution in [0.1, 0.15) is 30.4 Å². The van der Waals surface area contributed by atoms with Crippen molar-refractivity contribution in [3.8, 4) is 22.6 Å². The van der Waals surface area contributed by atoms with Crippen LogP contribution in [-0.2, 0) is 13.1 Å². The summed E-state index contributed by atoms with van der Waals surface area (Å²) in [5.74, 6) is 2.05. The zero-order valence-electron chi connectivity index (χ0n) is 20.6. The third-order valence-electron chi connectivity index (χ3n) is 7.28. The Hall–Kier alpha value is -4.18. The van der Waals surface area contributed by atoms with Gasteiger partial charge in [-0.1, -0.05) is 6.07 Å². The first-order chi connectivity index (χ1) is 18.4. The Morgan fingerprint density at radius 3 is 2.61 bits per heavy atom. The molecule has 1 saturated carbocycles. The van der Waals surface area contributed by atoms with Gasteiger partial charge in [0, 0.05) is 36.2 Å². The molecule has 0 saturated heterocycles. The number of alkyl halides is 2. The third-order valence-corrected chi connectivity index (χ3v) is 7.28. The van der Waals surface area contributed by atoms with Gasteiger partial charge in [-0.25, -0.2) is 15.0 Å². The Bertz CT molecular complexity index is 1760. The number of likely N-dealkylation sites (N-methyl/N-ethyl adjacent to an activating group) is 1. The summed E-state index contributed by atoms with van der Waals surface area (Å²) in [5.41, 5.74) is 3.90. The lowest BCUT2D eigenvalue weighted by atomic mass is 10.0. The summed E-state index contributed by atoms with van der Waals surface area (Å²) >= 11 is 0. The van der Waals surface area contributed by atoms with Gasteiger partial charge in [0.2, 0.25) is 0 Å².